The lowest BCUT2D eigenvalue weighted by atomic mass is 9.96. The van der Waals surface area contributed by atoms with Gasteiger partial charge in [0, 0.05) is 33.1 Å². The Morgan fingerprint density at radius 3 is 1.35 bits per heavy atom. The highest BCUT2D eigenvalue weighted by molar-refractivity contribution is 6.15. The number of para-hydroxylation sites is 1. The van der Waals surface area contributed by atoms with E-state index in [4.69, 9.17) is 4.42 Å². The second kappa shape index (κ2) is 14.8. The van der Waals surface area contributed by atoms with E-state index in [1.54, 1.807) is 0 Å². The van der Waals surface area contributed by atoms with Gasteiger partial charge >= 0.3 is 0 Å². The maximum Gasteiger partial charge on any atom is 0.143 e. The third kappa shape index (κ3) is 6.12. The number of hydrogen-bond donors (Lipinski definition) is 0. The summed E-state index contributed by atoms with van der Waals surface area (Å²) in [5.74, 6) is 0. The Bertz CT molecular complexity index is 3610. The quantitative estimate of drug-likeness (QED) is 0.160. The number of benzene rings is 11. The fourth-order valence-electron chi connectivity index (χ4n) is 9.40. The van der Waals surface area contributed by atoms with E-state index in [1.807, 2.05) is 0 Å². The van der Waals surface area contributed by atoms with Gasteiger partial charge in [-0.1, -0.05) is 188 Å². The van der Waals surface area contributed by atoms with E-state index >= 15 is 0 Å². The predicted octanol–water partition coefficient (Wildman–Crippen LogP) is 17.2. The largest absolute Gasteiger partial charge is 0.455 e. The van der Waals surface area contributed by atoms with Gasteiger partial charge in [-0.05, 0) is 114 Å². The van der Waals surface area contributed by atoms with Gasteiger partial charge in [0.2, 0.25) is 0 Å². The number of anilines is 3. The molecule has 1 heterocycles. The molecule has 0 amide bonds. The molecule has 2 nitrogen and oxygen atoms in total. The van der Waals surface area contributed by atoms with E-state index in [0.717, 1.165) is 55.5 Å². The summed E-state index contributed by atoms with van der Waals surface area (Å²) in [5.41, 5.74) is 14.6. The first-order chi connectivity index (χ1) is 30.7. The third-order valence-electron chi connectivity index (χ3n) is 12.5. The molecule has 1 aromatic heterocycles. The van der Waals surface area contributed by atoms with Crippen LogP contribution in [0.4, 0.5) is 17.1 Å². The minimum Gasteiger partial charge on any atom is -0.455 e. The van der Waals surface area contributed by atoms with Crippen LogP contribution < -0.4 is 4.90 Å². The molecule has 290 valence electrons. The van der Waals surface area contributed by atoms with Gasteiger partial charge in [0.15, 0.2) is 0 Å². The molecule has 0 bridgehead atoms. The molecular formula is C60H39NO. The second-order valence-corrected chi connectivity index (χ2v) is 16.1. The van der Waals surface area contributed by atoms with Crippen LogP contribution in [0.1, 0.15) is 0 Å². The lowest BCUT2D eigenvalue weighted by Gasteiger charge is -2.28. The minimum absolute atomic E-state index is 0.888. The summed E-state index contributed by atoms with van der Waals surface area (Å²) in [6, 6.07) is 85.5. The smallest absolute Gasteiger partial charge is 0.143 e. The van der Waals surface area contributed by atoms with Gasteiger partial charge in [0.25, 0.3) is 0 Å². The molecule has 0 fully saturated rings. The fraction of sp³-hybridized carbons (Fsp3) is 0. The standard InChI is InChI=1S/C60H39NO/c1-4-16-50-42(11-1)14-9-20-52(50)45-25-23-40(24-26-45)41-27-33-48(34-28-41)61(49-35-29-46(30-36-49)53-21-10-15-43-12-2-5-17-51(43)53)58-22-8-7-18-54(58)47-32-38-59-57(39-47)56-37-31-44-13-3-6-19-55(44)60(56)62-59/h1-39H. The van der Waals surface area contributed by atoms with E-state index in [9.17, 15) is 0 Å². The highest BCUT2D eigenvalue weighted by Crippen LogP contribution is 2.44. The lowest BCUT2D eigenvalue weighted by molar-refractivity contribution is 0.672. The van der Waals surface area contributed by atoms with Crippen LogP contribution in [0, 0.1) is 0 Å². The van der Waals surface area contributed by atoms with Crippen LogP contribution in [0.3, 0.4) is 0 Å². The Balaban J connectivity index is 0.958. The number of nitrogens with zero attached hydrogens (tertiary/aromatic N) is 1. The Hall–Kier alpha value is -8.20. The van der Waals surface area contributed by atoms with Crippen molar-refractivity contribution in [3.05, 3.63) is 237 Å². The SMILES string of the molecule is c1ccc(N(c2ccc(-c3ccc(-c4cccc5ccccc45)cc3)cc2)c2ccc(-c3cccc4ccccc34)cc2)c(-c2ccc3oc4c5ccccc5ccc4c3c2)c1. The molecule has 0 radical (unpaired) electrons. The molecule has 0 N–H and O–H groups in total. The molecule has 0 aliphatic heterocycles. The van der Waals surface area contributed by atoms with Crippen LogP contribution in [0.25, 0.3) is 98.8 Å². The molecule has 62 heavy (non-hydrogen) atoms. The van der Waals surface area contributed by atoms with Crippen LogP contribution in [0.15, 0.2) is 241 Å². The van der Waals surface area contributed by atoms with Crippen LogP contribution in [-0.4, -0.2) is 0 Å². The molecule has 12 rings (SSSR count). The highest BCUT2D eigenvalue weighted by Gasteiger charge is 2.19. The highest BCUT2D eigenvalue weighted by atomic mass is 16.3. The van der Waals surface area contributed by atoms with Crippen molar-refractivity contribution in [1.82, 2.24) is 0 Å². The topological polar surface area (TPSA) is 16.4 Å². The van der Waals surface area contributed by atoms with E-state index in [0.29, 0.717) is 0 Å². The average molecular weight is 790 g/mol. The molecule has 2 heteroatoms. The monoisotopic (exact) mass is 789 g/mol. The summed E-state index contributed by atoms with van der Waals surface area (Å²) in [6.07, 6.45) is 0. The Labute approximate surface area is 360 Å². The molecule has 0 aliphatic rings. The first-order valence-corrected chi connectivity index (χ1v) is 21.2. The van der Waals surface area contributed by atoms with Gasteiger partial charge in [-0.25, -0.2) is 0 Å². The van der Waals surface area contributed by atoms with Gasteiger partial charge < -0.3 is 9.32 Å². The van der Waals surface area contributed by atoms with E-state index in [1.165, 1.54) is 60.3 Å². The molecular weight excluding hydrogens is 751 g/mol. The molecule has 0 aliphatic carbocycles. The maximum absolute atomic E-state index is 6.53. The Kier molecular flexibility index (Phi) is 8.53. The first-order valence-electron chi connectivity index (χ1n) is 21.2. The number of fused-ring (bicyclic) bond motifs is 7. The maximum atomic E-state index is 6.53. The van der Waals surface area contributed by atoms with Crippen molar-refractivity contribution in [2.24, 2.45) is 0 Å². The Morgan fingerprint density at radius 1 is 0.274 bits per heavy atom. The zero-order valence-electron chi connectivity index (χ0n) is 33.9. The summed E-state index contributed by atoms with van der Waals surface area (Å²) in [7, 11) is 0. The summed E-state index contributed by atoms with van der Waals surface area (Å²) in [4.78, 5) is 2.39. The van der Waals surface area contributed by atoms with Crippen molar-refractivity contribution < 1.29 is 4.42 Å². The average Bonchev–Trinajstić information content (AvgIpc) is 3.73. The zero-order chi connectivity index (χ0) is 41.0. The molecule has 12 aromatic rings. The summed E-state index contributed by atoms with van der Waals surface area (Å²) in [6.45, 7) is 0. The summed E-state index contributed by atoms with van der Waals surface area (Å²) < 4.78 is 6.53. The van der Waals surface area contributed by atoms with Crippen molar-refractivity contribution in [2.45, 2.75) is 0 Å². The fourth-order valence-corrected chi connectivity index (χ4v) is 9.40. The second-order valence-electron chi connectivity index (χ2n) is 16.1. The Morgan fingerprint density at radius 2 is 0.726 bits per heavy atom. The van der Waals surface area contributed by atoms with Crippen LogP contribution in [-0.2, 0) is 0 Å². The summed E-state index contributed by atoms with van der Waals surface area (Å²) >= 11 is 0. The molecule has 11 aromatic carbocycles. The lowest BCUT2D eigenvalue weighted by Crippen LogP contribution is -2.11. The van der Waals surface area contributed by atoms with Gasteiger partial charge in [0.1, 0.15) is 11.2 Å². The predicted molar refractivity (Wildman–Crippen MR) is 263 cm³/mol. The third-order valence-corrected chi connectivity index (χ3v) is 12.5. The van der Waals surface area contributed by atoms with Gasteiger partial charge in [-0.3, -0.25) is 0 Å². The number of furan rings is 1. The van der Waals surface area contributed by atoms with E-state index in [-0.39, 0.29) is 0 Å². The van der Waals surface area contributed by atoms with Gasteiger partial charge in [-0.2, -0.15) is 0 Å². The van der Waals surface area contributed by atoms with Crippen molar-refractivity contribution in [2.75, 3.05) is 4.90 Å². The van der Waals surface area contributed by atoms with Crippen LogP contribution in [0.5, 0.6) is 0 Å². The van der Waals surface area contributed by atoms with Crippen molar-refractivity contribution in [1.29, 1.82) is 0 Å². The van der Waals surface area contributed by atoms with Crippen molar-refractivity contribution >= 4 is 71.3 Å². The van der Waals surface area contributed by atoms with Gasteiger partial charge in [0.05, 0.1) is 5.69 Å². The normalized spacial score (nSPS) is 11.5. The molecule has 0 atom stereocenters. The molecule has 0 saturated carbocycles. The van der Waals surface area contributed by atoms with Gasteiger partial charge in [-0.15, -0.1) is 0 Å². The molecule has 0 spiro atoms. The van der Waals surface area contributed by atoms with E-state index in [2.05, 4.69) is 241 Å². The zero-order valence-corrected chi connectivity index (χ0v) is 33.9. The molecule has 0 saturated heterocycles. The van der Waals surface area contributed by atoms with Crippen molar-refractivity contribution in [3.63, 3.8) is 0 Å². The minimum atomic E-state index is 0.888. The first kappa shape index (κ1) is 35.7. The number of rotatable bonds is 7. The van der Waals surface area contributed by atoms with Crippen LogP contribution in [0.2, 0.25) is 0 Å². The summed E-state index contributed by atoms with van der Waals surface area (Å²) in [5, 5.41) is 9.55. The van der Waals surface area contributed by atoms with E-state index < -0.39 is 0 Å². The number of hydrogen-bond acceptors (Lipinski definition) is 2. The van der Waals surface area contributed by atoms with Crippen LogP contribution >= 0.6 is 0 Å². The molecule has 0 unspecified atom stereocenters. The van der Waals surface area contributed by atoms with Crippen molar-refractivity contribution in [3.8, 4) is 44.5 Å².